The van der Waals surface area contributed by atoms with Gasteiger partial charge in [-0.15, -0.1) is 11.3 Å². The minimum atomic E-state index is 0.427. The van der Waals surface area contributed by atoms with Crippen molar-refractivity contribution in [2.24, 2.45) is 0 Å². The van der Waals surface area contributed by atoms with Crippen LogP contribution >= 0.6 is 11.3 Å². The molecule has 0 bridgehead atoms. The maximum atomic E-state index is 7.84. The minimum Gasteiger partial charge on any atom is -0.314 e. The third-order valence-corrected chi connectivity index (χ3v) is 3.91. The van der Waals surface area contributed by atoms with Gasteiger partial charge in [0.1, 0.15) is 0 Å². The number of rotatable bonds is 0. The van der Waals surface area contributed by atoms with E-state index >= 15 is 0 Å². The van der Waals surface area contributed by atoms with Crippen LogP contribution in [0.3, 0.4) is 0 Å². The summed E-state index contributed by atoms with van der Waals surface area (Å²) in [5, 5.41) is 3.83. The lowest BCUT2D eigenvalue weighted by Gasteiger charge is -2.39. The Morgan fingerprint density at radius 3 is 3.62 bits per heavy atom. The molecule has 1 N–H and O–H groups in total. The van der Waals surface area contributed by atoms with E-state index < -0.39 is 0 Å². The second-order valence-electron chi connectivity index (χ2n) is 3.68. The first-order valence-electron chi connectivity index (χ1n) is 5.81. The normalized spacial score (nSPS) is 30.3. The summed E-state index contributed by atoms with van der Waals surface area (Å²) in [4.78, 5) is 3.75. The lowest BCUT2D eigenvalue weighted by molar-refractivity contribution is 0.155. The van der Waals surface area contributed by atoms with Crippen molar-refractivity contribution in [2.45, 2.75) is 12.5 Å². The third-order valence-electron chi connectivity index (χ3n) is 2.97. The Morgan fingerprint density at radius 2 is 2.62 bits per heavy atom. The first-order valence-corrected chi connectivity index (χ1v) is 5.62. The molecule has 70 valence electrons. The topological polar surface area (TPSA) is 15.3 Å². The van der Waals surface area contributed by atoms with E-state index in [1.54, 1.807) is 0 Å². The Hall–Kier alpha value is -0.380. The first kappa shape index (κ1) is 6.17. The van der Waals surface area contributed by atoms with Gasteiger partial charge in [0.25, 0.3) is 0 Å². The van der Waals surface area contributed by atoms with Crippen molar-refractivity contribution >= 4 is 11.3 Å². The molecule has 0 aliphatic carbocycles. The summed E-state index contributed by atoms with van der Waals surface area (Å²) in [6.07, 6.45) is 0.958. The Morgan fingerprint density at radius 1 is 1.62 bits per heavy atom. The maximum Gasteiger partial charge on any atom is 0.0740 e. The van der Waals surface area contributed by atoms with Gasteiger partial charge in [-0.25, -0.2) is 0 Å². The highest BCUT2D eigenvalue weighted by Gasteiger charge is 2.29. The van der Waals surface area contributed by atoms with Gasteiger partial charge in [-0.3, -0.25) is 4.90 Å². The molecule has 0 aromatic carbocycles. The second kappa shape index (κ2) is 3.08. The quantitative estimate of drug-likeness (QED) is 0.672. The molecule has 2 aliphatic heterocycles. The summed E-state index contributed by atoms with van der Waals surface area (Å²) in [7, 11) is 0. The molecule has 0 spiro atoms. The van der Waals surface area contributed by atoms with E-state index in [1.807, 2.05) is 0 Å². The van der Waals surface area contributed by atoms with Crippen molar-refractivity contribution in [2.75, 3.05) is 26.2 Å². The Labute approximate surface area is 85.4 Å². The van der Waals surface area contributed by atoms with Gasteiger partial charge in [-0.2, -0.15) is 0 Å². The molecule has 2 nitrogen and oxygen atoms in total. The van der Waals surface area contributed by atoms with Gasteiger partial charge in [0.2, 0.25) is 0 Å². The summed E-state index contributed by atoms with van der Waals surface area (Å²) in [6, 6.07) is 0.899. The van der Waals surface area contributed by atoms with Gasteiger partial charge in [0, 0.05) is 31.1 Å². The van der Waals surface area contributed by atoms with Crippen molar-refractivity contribution in [3.05, 3.63) is 21.8 Å². The molecule has 3 heteroatoms. The summed E-state index contributed by atoms with van der Waals surface area (Å²) in [5.74, 6) is 0. The van der Waals surface area contributed by atoms with E-state index in [2.05, 4.69) is 10.2 Å². The van der Waals surface area contributed by atoms with Crippen LogP contribution in [0.5, 0.6) is 0 Å². The molecule has 0 radical (unpaired) electrons. The smallest absolute Gasteiger partial charge is 0.0740 e. The van der Waals surface area contributed by atoms with Gasteiger partial charge >= 0.3 is 0 Å². The van der Waals surface area contributed by atoms with Crippen LogP contribution in [0.4, 0.5) is 0 Å². The van der Waals surface area contributed by atoms with Gasteiger partial charge in [0.15, 0.2) is 0 Å². The summed E-state index contributed by atoms with van der Waals surface area (Å²) < 4.78 is 15.6. The number of thiophene rings is 1. The lowest BCUT2D eigenvalue weighted by Crippen LogP contribution is -2.48. The number of hydrogen-bond acceptors (Lipinski definition) is 3. The molecule has 1 aromatic rings. The Bertz CT molecular complexity index is 391. The molecule has 0 saturated carbocycles. The molecule has 2 aliphatic rings. The SMILES string of the molecule is [2H]c1sc2c(c1[2H])CCN1CCNCC21. The fourth-order valence-corrected chi connectivity index (χ4v) is 3.18. The van der Waals surface area contributed by atoms with Crippen LogP contribution in [0.1, 0.15) is 19.2 Å². The third kappa shape index (κ3) is 1.23. The number of hydrogen-bond donors (Lipinski definition) is 1. The van der Waals surface area contributed by atoms with Crippen LogP contribution in [-0.4, -0.2) is 31.1 Å². The van der Waals surface area contributed by atoms with Crippen molar-refractivity contribution in [3.8, 4) is 0 Å². The molecule has 13 heavy (non-hydrogen) atoms. The number of piperazine rings is 1. The zero-order chi connectivity index (χ0) is 10.4. The molecule has 0 amide bonds. The highest BCUT2D eigenvalue weighted by Crippen LogP contribution is 2.34. The van der Waals surface area contributed by atoms with Crippen LogP contribution in [0.25, 0.3) is 0 Å². The summed E-state index contributed by atoms with van der Waals surface area (Å²) in [5.41, 5.74) is 1.13. The van der Waals surface area contributed by atoms with Gasteiger partial charge in [-0.1, -0.05) is 0 Å². The predicted octanol–water partition coefficient (Wildman–Crippen LogP) is 1.25. The molecule has 1 fully saturated rings. The molecule has 1 saturated heterocycles. The minimum absolute atomic E-state index is 0.427. The maximum absolute atomic E-state index is 7.84. The molecular weight excluding hydrogens is 180 g/mol. The molecule has 3 heterocycles. The van der Waals surface area contributed by atoms with Gasteiger partial charge < -0.3 is 5.32 Å². The van der Waals surface area contributed by atoms with Gasteiger partial charge in [0.05, 0.1) is 8.78 Å². The van der Waals surface area contributed by atoms with E-state index in [4.69, 9.17) is 2.74 Å². The van der Waals surface area contributed by atoms with Crippen LogP contribution in [0.2, 0.25) is 0 Å². The zero-order valence-electron chi connectivity index (χ0n) is 9.47. The fourth-order valence-electron chi connectivity index (χ4n) is 2.25. The molecular formula is C10H14N2S. The average Bonchev–Trinajstić information content (AvgIpc) is 2.56. The molecule has 1 unspecified atom stereocenters. The predicted molar refractivity (Wildman–Crippen MR) is 55.2 cm³/mol. The van der Waals surface area contributed by atoms with Crippen LogP contribution in [-0.2, 0) is 6.42 Å². The summed E-state index contributed by atoms with van der Waals surface area (Å²) in [6.45, 7) is 4.20. The molecule has 1 aromatic heterocycles. The van der Waals surface area contributed by atoms with E-state index in [0.29, 0.717) is 17.4 Å². The first-order chi connectivity index (χ1) is 7.27. The number of nitrogens with zero attached hydrogens (tertiary/aromatic N) is 1. The highest BCUT2D eigenvalue weighted by atomic mass is 32.1. The van der Waals surface area contributed by atoms with E-state index in [-0.39, 0.29) is 0 Å². The molecule has 1 atom stereocenters. The van der Waals surface area contributed by atoms with E-state index in [0.717, 1.165) is 38.2 Å². The monoisotopic (exact) mass is 196 g/mol. The van der Waals surface area contributed by atoms with Crippen LogP contribution < -0.4 is 5.32 Å². The van der Waals surface area contributed by atoms with Crippen LogP contribution in [0, 0.1) is 0 Å². The van der Waals surface area contributed by atoms with Crippen molar-refractivity contribution in [1.29, 1.82) is 0 Å². The second-order valence-corrected chi connectivity index (χ2v) is 4.53. The Kier molecular flexibility index (Phi) is 1.46. The van der Waals surface area contributed by atoms with Crippen LogP contribution in [0.15, 0.2) is 11.4 Å². The zero-order valence-corrected chi connectivity index (χ0v) is 8.28. The van der Waals surface area contributed by atoms with E-state index in [1.165, 1.54) is 16.2 Å². The highest BCUT2D eigenvalue weighted by molar-refractivity contribution is 7.10. The lowest BCUT2D eigenvalue weighted by atomic mass is 10.0. The fraction of sp³-hybridized carbons (Fsp3) is 0.600. The molecule has 3 rings (SSSR count). The van der Waals surface area contributed by atoms with Crippen molar-refractivity contribution in [3.63, 3.8) is 0 Å². The van der Waals surface area contributed by atoms with E-state index in [9.17, 15) is 0 Å². The van der Waals surface area contributed by atoms with Crippen molar-refractivity contribution < 1.29 is 2.74 Å². The largest absolute Gasteiger partial charge is 0.314 e. The van der Waals surface area contributed by atoms with Gasteiger partial charge in [-0.05, 0) is 23.4 Å². The summed E-state index contributed by atoms with van der Waals surface area (Å²) >= 11 is 1.50. The standard InChI is InChI=1S/C10H14N2S/c1-4-12-5-3-11-7-9(12)10-8(1)2-6-13-10/h2,6,9,11H,1,3-5,7H2/i2D,6D. The van der Waals surface area contributed by atoms with Crippen molar-refractivity contribution in [1.82, 2.24) is 10.2 Å². The number of fused-ring (bicyclic) bond motifs is 3. The number of nitrogens with one attached hydrogen (secondary N) is 1. The Balaban J connectivity index is 2.03. The average molecular weight is 196 g/mol.